The molecule has 0 saturated heterocycles. The first-order valence-electron chi connectivity index (χ1n) is 18.9. The van der Waals surface area contributed by atoms with E-state index in [-0.39, 0.29) is 24.6 Å². The minimum Gasteiger partial charge on any atom is -0.462 e. The van der Waals surface area contributed by atoms with E-state index in [1.807, 2.05) is 6.92 Å². The van der Waals surface area contributed by atoms with Crippen LogP contribution in [0.1, 0.15) is 220 Å². The summed E-state index contributed by atoms with van der Waals surface area (Å²) < 4.78 is 10.8. The molecule has 0 amide bonds. The quantitative estimate of drug-likeness (QED) is 0.0549. The third-order valence-corrected chi connectivity index (χ3v) is 8.53. The second kappa shape index (κ2) is 34.4. The van der Waals surface area contributed by atoms with Gasteiger partial charge in [-0.3, -0.25) is 9.59 Å². The van der Waals surface area contributed by atoms with Gasteiger partial charge in [0, 0.05) is 12.8 Å². The van der Waals surface area contributed by atoms with Crippen LogP contribution < -0.4 is 0 Å². The number of hydrogen-bond acceptors (Lipinski definition) is 4. The summed E-state index contributed by atoms with van der Waals surface area (Å²) in [6, 6.07) is 0. The molecule has 0 aliphatic carbocycles. The van der Waals surface area contributed by atoms with Crippen molar-refractivity contribution in [1.29, 1.82) is 0 Å². The molecule has 0 rings (SSSR count). The van der Waals surface area contributed by atoms with Gasteiger partial charge in [-0.25, -0.2) is 0 Å². The average Bonchev–Trinajstić information content (AvgIpc) is 2.98. The zero-order chi connectivity index (χ0) is 30.8. The van der Waals surface area contributed by atoms with Crippen LogP contribution in [-0.2, 0) is 19.1 Å². The molecule has 0 fully saturated rings. The topological polar surface area (TPSA) is 52.6 Å². The van der Waals surface area contributed by atoms with E-state index in [2.05, 4.69) is 13.8 Å². The summed E-state index contributed by atoms with van der Waals surface area (Å²) in [5, 5.41) is 0. The fourth-order valence-corrected chi connectivity index (χ4v) is 5.70. The molecular weight excluding hydrogens is 520 g/mol. The Morgan fingerprint density at radius 3 is 0.976 bits per heavy atom. The summed E-state index contributed by atoms with van der Waals surface area (Å²) in [6.45, 7) is 6.53. The van der Waals surface area contributed by atoms with Gasteiger partial charge in [0.15, 0.2) is 0 Å². The Morgan fingerprint density at radius 2 is 0.667 bits per heavy atom. The molecule has 0 saturated carbocycles. The highest BCUT2D eigenvalue weighted by Crippen LogP contribution is 2.15. The number of esters is 2. The Labute approximate surface area is 263 Å². The minimum atomic E-state index is -0.366. The molecular formula is C38H74O4. The van der Waals surface area contributed by atoms with E-state index in [4.69, 9.17) is 9.47 Å². The average molecular weight is 595 g/mol. The lowest BCUT2D eigenvalue weighted by atomic mass is 10.0. The lowest BCUT2D eigenvalue weighted by molar-refractivity contribution is -0.158. The standard InChI is InChI=1S/C38H74O4/c1-4-6-8-10-12-14-16-18-19-20-22-23-25-27-29-31-33-37(39)41-35-36(3)42-38(40)34-32-30-28-26-24-21-17-15-13-11-9-7-5-2/h36H,4-35H2,1-3H3/t36-/m1/s1. The molecule has 42 heavy (non-hydrogen) atoms. The summed E-state index contributed by atoms with van der Waals surface area (Å²) >= 11 is 0. The predicted molar refractivity (Wildman–Crippen MR) is 181 cm³/mol. The van der Waals surface area contributed by atoms with E-state index in [1.165, 1.54) is 161 Å². The predicted octanol–water partition coefficient (Wildman–Crippen LogP) is 12.6. The van der Waals surface area contributed by atoms with Gasteiger partial charge in [0.1, 0.15) is 12.7 Å². The van der Waals surface area contributed by atoms with E-state index in [1.54, 1.807) is 0 Å². The summed E-state index contributed by atoms with van der Waals surface area (Å²) in [4.78, 5) is 24.1. The molecule has 4 heteroatoms. The number of rotatable bonds is 34. The summed E-state index contributed by atoms with van der Waals surface area (Å²) in [7, 11) is 0. The molecule has 4 nitrogen and oxygen atoms in total. The highest BCUT2D eigenvalue weighted by Gasteiger charge is 2.12. The number of hydrogen-bond donors (Lipinski definition) is 0. The first-order chi connectivity index (χ1) is 20.6. The van der Waals surface area contributed by atoms with Crippen LogP contribution in [-0.4, -0.2) is 24.6 Å². The number of ether oxygens (including phenoxy) is 2. The van der Waals surface area contributed by atoms with Gasteiger partial charge >= 0.3 is 11.9 Å². The SMILES string of the molecule is CCCCCCCCCCCCCCCCCCC(=O)OC[C@@H](C)OC(=O)CCCCCCCCCCCCCCC. The first-order valence-corrected chi connectivity index (χ1v) is 18.9. The van der Waals surface area contributed by atoms with Crippen LogP contribution in [0.2, 0.25) is 0 Å². The van der Waals surface area contributed by atoms with E-state index in [0.717, 1.165) is 25.7 Å². The van der Waals surface area contributed by atoms with Crippen LogP contribution in [0.4, 0.5) is 0 Å². The highest BCUT2D eigenvalue weighted by molar-refractivity contribution is 5.70. The van der Waals surface area contributed by atoms with Gasteiger partial charge in [0.05, 0.1) is 0 Å². The number of carbonyl (C=O) groups excluding carboxylic acids is 2. The number of unbranched alkanes of at least 4 members (excludes halogenated alkanes) is 27. The van der Waals surface area contributed by atoms with E-state index in [0.29, 0.717) is 12.8 Å². The second-order valence-electron chi connectivity index (χ2n) is 13.0. The Bertz CT molecular complexity index is 561. The van der Waals surface area contributed by atoms with Gasteiger partial charge in [-0.2, -0.15) is 0 Å². The van der Waals surface area contributed by atoms with Crippen LogP contribution in [0.3, 0.4) is 0 Å². The normalized spacial score (nSPS) is 12.0. The smallest absolute Gasteiger partial charge is 0.306 e. The molecule has 0 bridgehead atoms. The lowest BCUT2D eigenvalue weighted by Gasteiger charge is -2.13. The molecule has 1 atom stereocenters. The van der Waals surface area contributed by atoms with Gasteiger partial charge in [0.2, 0.25) is 0 Å². The molecule has 0 N–H and O–H groups in total. The third-order valence-electron chi connectivity index (χ3n) is 8.53. The molecule has 0 aliphatic rings. The maximum Gasteiger partial charge on any atom is 0.306 e. The van der Waals surface area contributed by atoms with Crippen molar-refractivity contribution in [3.8, 4) is 0 Å². The Hall–Kier alpha value is -1.06. The third kappa shape index (κ3) is 33.4. The van der Waals surface area contributed by atoms with Gasteiger partial charge in [-0.1, -0.05) is 187 Å². The Balaban J connectivity index is 3.38. The molecule has 0 spiro atoms. The van der Waals surface area contributed by atoms with Crippen LogP contribution in [0.15, 0.2) is 0 Å². The van der Waals surface area contributed by atoms with Crippen molar-refractivity contribution in [1.82, 2.24) is 0 Å². The summed E-state index contributed by atoms with van der Waals surface area (Å²) in [5.41, 5.74) is 0. The van der Waals surface area contributed by atoms with Gasteiger partial charge < -0.3 is 9.47 Å². The molecule has 0 aromatic heterocycles. The van der Waals surface area contributed by atoms with Crippen molar-refractivity contribution in [2.75, 3.05) is 6.61 Å². The number of carbonyl (C=O) groups is 2. The van der Waals surface area contributed by atoms with Crippen LogP contribution >= 0.6 is 0 Å². The monoisotopic (exact) mass is 595 g/mol. The first kappa shape index (κ1) is 40.9. The maximum absolute atomic E-state index is 12.1. The van der Waals surface area contributed by atoms with E-state index < -0.39 is 0 Å². The summed E-state index contributed by atoms with van der Waals surface area (Å²) in [5.74, 6) is -0.334. The van der Waals surface area contributed by atoms with Gasteiger partial charge in [-0.05, 0) is 19.8 Å². The lowest BCUT2D eigenvalue weighted by Crippen LogP contribution is -2.22. The van der Waals surface area contributed by atoms with Gasteiger partial charge in [0.25, 0.3) is 0 Å². The van der Waals surface area contributed by atoms with Crippen molar-refractivity contribution >= 4 is 11.9 Å². The fourth-order valence-electron chi connectivity index (χ4n) is 5.70. The molecule has 0 unspecified atom stereocenters. The second-order valence-corrected chi connectivity index (χ2v) is 13.0. The molecule has 0 heterocycles. The Morgan fingerprint density at radius 1 is 0.405 bits per heavy atom. The molecule has 0 radical (unpaired) electrons. The van der Waals surface area contributed by atoms with Crippen LogP contribution in [0.5, 0.6) is 0 Å². The minimum absolute atomic E-state index is 0.167. The van der Waals surface area contributed by atoms with Crippen molar-refractivity contribution in [3.63, 3.8) is 0 Å². The summed E-state index contributed by atoms with van der Waals surface area (Å²) in [6.07, 6.45) is 38.6. The van der Waals surface area contributed by atoms with E-state index >= 15 is 0 Å². The van der Waals surface area contributed by atoms with Crippen molar-refractivity contribution in [3.05, 3.63) is 0 Å². The fraction of sp³-hybridized carbons (Fsp3) is 0.947. The molecule has 0 aliphatic heterocycles. The van der Waals surface area contributed by atoms with Gasteiger partial charge in [-0.15, -0.1) is 0 Å². The van der Waals surface area contributed by atoms with Crippen molar-refractivity contribution in [2.24, 2.45) is 0 Å². The largest absolute Gasteiger partial charge is 0.462 e. The Kier molecular flexibility index (Phi) is 33.6. The van der Waals surface area contributed by atoms with Crippen LogP contribution in [0.25, 0.3) is 0 Å². The van der Waals surface area contributed by atoms with Crippen molar-refractivity contribution in [2.45, 2.75) is 226 Å². The molecule has 250 valence electrons. The zero-order valence-corrected chi connectivity index (χ0v) is 28.8. The maximum atomic E-state index is 12.1. The highest BCUT2D eigenvalue weighted by atomic mass is 16.6. The van der Waals surface area contributed by atoms with Crippen molar-refractivity contribution < 1.29 is 19.1 Å². The molecule has 0 aromatic rings. The van der Waals surface area contributed by atoms with E-state index in [9.17, 15) is 9.59 Å². The van der Waals surface area contributed by atoms with Crippen LogP contribution in [0, 0.1) is 0 Å². The molecule has 0 aromatic carbocycles. The zero-order valence-electron chi connectivity index (χ0n) is 28.8.